The van der Waals surface area contributed by atoms with E-state index in [1.54, 1.807) is 0 Å². The van der Waals surface area contributed by atoms with Crippen molar-refractivity contribution in [3.63, 3.8) is 0 Å². The summed E-state index contributed by atoms with van der Waals surface area (Å²) in [5, 5.41) is 0. The number of carbonyl (C=O) groups is 2. The van der Waals surface area contributed by atoms with Crippen LogP contribution in [0.3, 0.4) is 0 Å². The van der Waals surface area contributed by atoms with Crippen LogP contribution < -0.4 is 0 Å². The van der Waals surface area contributed by atoms with Crippen molar-refractivity contribution in [3.05, 3.63) is 24.8 Å². The zero-order valence-corrected chi connectivity index (χ0v) is 22.7. The SMILES string of the molecule is C=CC1CC1(C)CCCC1CCCN1C(=O)C(CCCCC(=O)OCCCC=CC)C(C)(C)C. The normalized spacial score (nSPS) is 25.5. The third-order valence-corrected chi connectivity index (χ3v) is 8.13. The fraction of sp³-hybridized carbons (Fsp3) is 0.800. The van der Waals surface area contributed by atoms with E-state index in [0.29, 0.717) is 36.3 Å². The monoisotopic (exact) mass is 473 g/mol. The van der Waals surface area contributed by atoms with E-state index in [0.717, 1.165) is 57.9 Å². The Balaban J connectivity index is 1.77. The van der Waals surface area contributed by atoms with E-state index in [9.17, 15) is 9.59 Å². The first-order valence-electron chi connectivity index (χ1n) is 13.8. The molecule has 4 heteroatoms. The van der Waals surface area contributed by atoms with Gasteiger partial charge in [-0.1, -0.05) is 58.8 Å². The summed E-state index contributed by atoms with van der Waals surface area (Å²) in [6.07, 6.45) is 18.1. The Morgan fingerprint density at radius 3 is 2.62 bits per heavy atom. The summed E-state index contributed by atoms with van der Waals surface area (Å²) in [7, 11) is 0. The summed E-state index contributed by atoms with van der Waals surface area (Å²) >= 11 is 0. The second-order valence-corrected chi connectivity index (χ2v) is 12.0. The molecule has 1 aliphatic heterocycles. The molecule has 2 rings (SSSR count). The summed E-state index contributed by atoms with van der Waals surface area (Å²) in [5.74, 6) is 0.926. The smallest absolute Gasteiger partial charge is 0.305 e. The third-order valence-electron chi connectivity index (χ3n) is 8.13. The van der Waals surface area contributed by atoms with Crippen molar-refractivity contribution in [2.45, 2.75) is 118 Å². The predicted octanol–water partition coefficient (Wildman–Crippen LogP) is 7.48. The Hall–Kier alpha value is -1.58. The Morgan fingerprint density at radius 2 is 1.97 bits per heavy atom. The van der Waals surface area contributed by atoms with Crippen molar-refractivity contribution in [2.24, 2.45) is 22.7 Å². The number of amides is 1. The Labute approximate surface area is 209 Å². The largest absolute Gasteiger partial charge is 0.466 e. The van der Waals surface area contributed by atoms with Crippen LogP contribution in [0.15, 0.2) is 24.8 Å². The summed E-state index contributed by atoms with van der Waals surface area (Å²) < 4.78 is 5.33. The van der Waals surface area contributed by atoms with Crippen molar-refractivity contribution in [1.29, 1.82) is 0 Å². The fourth-order valence-corrected chi connectivity index (χ4v) is 5.64. The highest BCUT2D eigenvalue weighted by Gasteiger charge is 2.47. The molecule has 1 heterocycles. The van der Waals surface area contributed by atoms with Gasteiger partial charge >= 0.3 is 5.97 Å². The van der Waals surface area contributed by atoms with E-state index in [-0.39, 0.29) is 17.3 Å². The average molecular weight is 474 g/mol. The molecule has 194 valence electrons. The lowest BCUT2D eigenvalue weighted by Crippen LogP contribution is -2.43. The van der Waals surface area contributed by atoms with Crippen LogP contribution in [0, 0.1) is 22.7 Å². The van der Waals surface area contributed by atoms with Crippen molar-refractivity contribution >= 4 is 11.9 Å². The van der Waals surface area contributed by atoms with Gasteiger partial charge in [0.05, 0.1) is 6.61 Å². The summed E-state index contributed by atoms with van der Waals surface area (Å²) in [6, 6.07) is 0.402. The summed E-state index contributed by atoms with van der Waals surface area (Å²) in [5.41, 5.74) is 0.382. The molecule has 1 aliphatic carbocycles. The van der Waals surface area contributed by atoms with Gasteiger partial charge in [-0.15, -0.1) is 6.58 Å². The Morgan fingerprint density at radius 1 is 1.21 bits per heavy atom. The minimum absolute atomic E-state index is 0.0102. The topological polar surface area (TPSA) is 46.6 Å². The minimum atomic E-state index is -0.109. The van der Waals surface area contributed by atoms with E-state index in [1.165, 1.54) is 19.3 Å². The lowest BCUT2D eigenvalue weighted by atomic mass is 9.76. The van der Waals surface area contributed by atoms with Gasteiger partial charge in [0.25, 0.3) is 0 Å². The number of carbonyl (C=O) groups excluding carboxylic acids is 2. The van der Waals surface area contributed by atoms with Crippen LogP contribution in [0.1, 0.15) is 112 Å². The van der Waals surface area contributed by atoms with E-state index >= 15 is 0 Å². The van der Waals surface area contributed by atoms with Crippen LogP contribution in [-0.4, -0.2) is 36.0 Å². The third kappa shape index (κ3) is 8.89. The maximum absolute atomic E-state index is 13.6. The standard InChI is InChI=1S/C30H51NO3/c1-7-9-10-13-22-34-27(32)19-12-11-18-26(29(3,4)5)28(33)31-21-15-17-25(31)16-14-20-30(6)23-24(30)8-2/h7-9,24-26H,2,10-23H2,1,3-6H3. The number of unbranched alkanes of at least 4 members (excludes halogenated alkanes) is 2. The van der Waals surface area contributed by atoms with Gasteiger partial charge in [0.2, 0.25) is 5.91 Å². The fourth-order valence-electron chi connectivity index (χ4n) is 5.64. The molecule has 34 heavy (non-hydrogen) atoms. The van der Waals surface area contributed by atoms with Gasteiger partial charge in [-0.05, 0) is 81.5 Å². The quantitative estimate of drug-likeness (QED) is 0.141. The second-order valence-electron chi connectivity index (χ2n) is 12.0. The van der Waals surface area contributed by atoms with Gasteiger partial charge in [-0.3, -0.25) is 9.59 Å². The number of nitrogens with zero attached hydrogens (tertiary/aromatic N) is 1. The molecule has 2 aliphatic rings. The van der Waals surface area contributed by atoms with Crippen molar-refractivity contribution < 1.29 is 14.3 Å². The summed E-state index contributed by atoms with van der Waals surface area (Å²) in [4.78, 5) is 27.8. The van der Waals surface area contributed by atoms with E-state index < -0.39 is 0 Å². The zero-order valence-electron chi connectivity index (χ0n) is 22.7. The maximum atomic E-state index is 13.6. The van der Waals surface area contributed by atoms with E-state index in [2.05, 4.69) is 51.3 Å². The van der Waals surface area contributed by atoms with Gasteiger partial charge in [0.15, 0.2) is 0 Å². The number of hydrogen-bond donors (Lipinski definition) is 0. The molecular formula is C30H51NO3. The molecule has 1 amide bonds. The molecule has 4 nitrogen and oxygen atoms in total. The lowest BCUT2D eigenvalue weighted by Gasteiger charge is -2.35. The van der Waals surface area contributed by atoms with Crippen LogP contribution in [0.4, 0.5) is 0 Å². The average Bonchev–Trinajstić information content (AvgIpc) is 3.20. The van der Waals surface area contributed by atoms with Gasteiger partial charge in [-0.2, -0.15) is 0 Å². The number of esters is 1. The molecule has 0 bridgehead atoms. The van der Waals surface area contributed by atoms with Crippen molar-refractivity contribution in [1.82, 2.24) is 4.90 Å². The highest BCUT2D eigenvalue weighted by Crippen LogP contribution is 2.56. The van der Waals surface area contributed by atoms with Crippen LogP contribution in [0.25, 0.3) is 0 Å². The summed E-state index contributed by atoms with van der Waals surface area (Å²) in [6.45, 7) is 16.3. The maximum Gasteiger partial charge on any atom is 0.305 e. The van der Waals surface area contributed by atoms with Crippen LogP contribution in [-0.2, 0) is 14.3 Å². The first-order chi connectivity index (χ1) is 16.1. The van der Waals surface area contributed by atoms with E-state index in [1.807, 2.05) is 13.0 Å². The Bertz CT molecular complexity index is 692. The molecule has 0 aromatic heterocycles. The number of rotatable bonds is 15. The zero-order chi connectivity index (χ0) is 25.2. The first kappa shape index (κ1) is 28.7. The van der Waals surface area contributed by atoms with Crippen LogP contribution in [0.2, 0.25) is 0 Å². The van der Waals surface area contributed by atoms with Crippen LogP contribution in [0.5, 0.6) is 0 Å². The number of hydrogen-bond acceptors (Lipinski definition) is 3. The van der Waals surface area contributed by atoms with E-state index in [4.69, 9.17) is 4.74 Å². The molecule has 4 atom stereocenters. The van der Waals surface area contributed by atoms with Crippen LogP contribution >= 0.6 is 0 Å². The number of allylic oxidation sites excluding steroid dienone is 3. The predicted molar refractivity (Wildman–Crippen MR) is 141 cm³/mol. The molecule has 1 saturated heterocycles. The molecule has 2 fully saturated rings. The highest BCUT2D eigenvalue weighted by atomic mass is 16.5. The molecule has 0 N–H and O–H groups in total. The van der Waals surface area contributed by atoms with Gasteiger partial charge in [-0.25, -0.2) is 0 Å². The van der Waals surface area contributed by atoms with Gasteiger partial charge in [0, 0.05) is 24.9 Å². The van der Waals surface area contributed by atoms with Gasteiger partial charge < -0.3 is 9.64 Å². The first-order valence-corrected chi connectivity index (χ1v) is 13.8. The molecule has 0 spiro atoms. The molecule has 0 aromatic rings. The molecule has 1 saturated carbocycles. The minimum Gasteiger partial charge on any atom is -0.466 e. The Kier molecular flexibility index (Phi) is 11.4. The highest BCUT2D eigenvalue weighted by molar-refractivity contribution is 5.80. The molecule has 0 radical (unpaired) electrons. The van der Waals surface area contributed by atoms with Gasteiger partial charge in [0.1, 0.15) is 0 Å². The number of likely N-dealkylation sites (tertiary alicyclic amines) is 1. The molecular weight excluding hydrogens is 422 g/mol. The molecule has 0 aromatic carbocycles. The van der Waals surface area contributed by atoms with Crippen molar-refractivity contribution in [2.75, 3.05) is 13.2 Å². The van der Waals surface area contributed by atoms with Crippen molar-refractivity contribution in [3.8, 4) is 0 Å². The molecule has 4 unspecified atom stereocenters. The number of ether oxygens (including phenoxy) is 1. The second kappa shape index (κ2) is 13.5. The lowest BCUT2D eigenvalue weighted by molar-refractivity contribution is -0.143.